The van der Waals surface area contributed by atoms with Crippen molar-refractivity contribution in [1.29, 1.82) is 0 Å². The van der Waals surface area contributed by atoms with Crippen LogP contribution in [0.2, 0.25) is 0 Å². The lowest BCUT2D eigenvalue weighted by atomic mass is 9.91. The van der Waals surface area contributed by atoms with Gasteiger partial charge in [-0.2, -0.15) is 0 Å². The van der Waals surface area contributed by atoms with Crippen LogP contribution in [0.4, 0.5) is 15.8 Å². The summed E-state index contributed by atoms with van der Waals surface area (Å²) in [7, 11) is 6.25. The van der Waals surface area contributed by atoms with E-state index in [1.165, 1.54) is 66.9 Å². The second kappa shape index (κ2) is 15.5. The van der Waals surface area contributed by atoms with Crippen molar-refractivity contribution in [3.05, 3.63) is 59.4 Å². The number of carbonyl (C=O) groups excluding carboxylic acids is 1. The molecule has 1 aliphatic heterocycles. The Hall–Kier alpha value is -1.66. The summed E-state index contributed by atoms with van der Waals surface area (Å²) in [5.41, 5.74) is 4.76. The Morgan fingerprint density at radius 3 is 2.60 bits per heavy atom. The number of ketones is 1. The number of nitrogens with one attached hydrogen (secondary N) is 1. The van der Waals surface area contributed by atoms with Crippen molar-refractivity contribution in [2.75, 3.05) is 41.9 Å². The number of carbonyl (C=O) groups is 1. The number of hydrogen-bond acceptors (Lipinski definition) is 5. The van der Waals surface area contributed by atoms with Crippen LogP contribution in [0.5, 0.6) is 0 Å². The van der Waals surface area contributed by atoms with E-state index in [9.17, 15) is 9.18 Å². The van der Waals surface area contributed by atoms with Gasteiger partial charge in [-0.1, -0.05) is 72.7 Å². The highest BCUT2D eigenvalue weighted by Crippen LogP contribution is 2.40. The number of rotatable bonds is 16. The largest absolute Gasteiger partial charge is 0.381 e. The first-order valence-electron chi connectivity index (χ1n) is 13.2. The van der Waals surface area contributed by atoms with Gasteiger partial charge in [0, 0.05) is 43.6 Å². The highest BCUT2D eigenvalue weighted by Gasteiger charge is 2.21. The Morgan fingerprint density at radius 1 is 1.03 bits per heavy atom. The van der Waals surface area contributed by atoms with Gasteiger partial charge in [-0.05, 0) is 61.1 Å². The molecule has 0 amide bonds. The molecule has 0 aliphatic carbocycles. The van der Waals surface area contributed by atoms with Gasteiger partial charge in [0.25, 0.3) is 0 Å². The Morgan fingerprint density at radius 2 is 1.80 bits per heavy atom. The van der Waals surface area contributed by atoms with E-state index in [2.05, 4.69) is 42.4 Å². The van der Waals surface area contributed by atoms with E-state index >= 15 is 0 Å². The van der Waals surface area contributed by atoms with Gasteiger partial charge in [0.15, 0.2) is 5.78 Å². The van der Waals surface area contributed by atoms with E-state index < -0.39 is 0 Å². The van der Waals surface area contributed by atoms with Crippen molar-refractivity contribution in [3.63, 3.8) is 0 Å². The minimum absolute atomic E-state index is 0.119. The zero-order valence-electron chi connectivity index (χ0n) is 21.4. The fourth-order valence-electron chi connectivity index (χ4n) is 4.59. The molecule has 1 unspecified atom stereocenters. The molecule has 0 radical (unpaired) electrons. The average Bonchev–Trinajstić information content (AvgIpc) is 2.87. The Kier molecular flexibility index (Phi) is 12.3. The van der Waals surface area contributed by atoms with Crippen molar-refractivity contribution in [3.8, 4) is 0 Å². The molecule has 1 N–H and O–H groups in total. The maximum absolute atomic E-state index is 13.0. The third kappa shape index (κ3) is 9.05. The number of halogens is 1. The van der Waals surface area contributed by atoms with E-state index in [4.69, 9.17) is 0 Å². The summed E-state index contributed by atoms with van der Waals surface area (Å²) in [5, 5.41) is 3.69. The van der Waals surface area contributed by atoms with Gasteiger partial charge in [0.05, 0.1) is 11.4 Å². The van der Waals surface area contributed by atoms with E-state index in [1.807, 2.05) is 21.6 Å². The number of unbranched alkanes of at least 4 members (excludes halogenated alkanes) is 5. The second-order valence-electron chi connectivity index (χ2n) is 9.48. The van der Waals surface area contributed by atoms with Crippen LogP contribution < -0.4 is 10.2 Å². The first-order valence-corrected chi connectivity index (χ1v) is 15.7. The van der Waals surface area contributed by atoms with Crippen molar-refractivity contribution in [2.45, 2.75) is 70.6 Å². The molecule has 0 saturated carbocycles. The maximum atomic E-state index is 13.0. The highest BCUT2D eigenvalue weighted by molar-refractivity contribution is 8.76. The van der Waals surface area contributed by atoms with Crippen molar-refractivity contribution >= 4 is 38.7 Å². The van der Waals surface area contributed by atoms with Crippen LogP contribution in [-0.2, 0) is 0 Å². The Balaban J connectivity index is 1.45. The van der Waals surface area contributed by atoms with Crippen LogP contribution in [0.25, 0.3) is 0 Å². The standard InChI is InChI=1S/C29H41FN2OS2/c1-3-4-21-34-35-22-24(26-12-10-13-27-29(26)31-19-20-32(27)2)11-8-6-5-7-9-14-28(33)23-15-17-25(30)18-16-23/h10,12-13,15-18,24,31H,3-9,11,14,19-22H2,1-2H3. The van der Waals surface area contributed by atoms with E-state index in [0.29, 0.717) is 17.9 Å². The van der Waals surface area contributed by atoms with Gasteiger partial charge in [-0.3, -0.25) is 4.79 Å². The van der Waals surface area contributed by atoms with Gasteiger partial charge in [-0.25, -0.2) is 4.39 Å². The number of hydrogen-bond donors (Lipinski definition) is 1. The quantitative estimate of drug-likeness (QED) is 0.137. The van der Waals surface area contributed by atoms with Crippen LogP contribution in [0.15, 0.2) is 42.5 Å². The van der Waals surface area contributed by atoms with Gasteiger partial charge >= 0.3 is 0 Å². The van der Waals surface area contributed by atoms with Crippen LogP contribution in [0, 0.1) is 5.82 Å². The first kappa shape index (κ1) is 27.9. The summed E-state index contributed by atoms with van der Waals surface area (Å²) in [6.07, 6.45) is 9.88. The molecule has 0 fully saturated rings. The molecule has 2 aromatic rings. The lowest BCUT2D eigenvalue weighted by Crippen LogP contribution is -2.31. The maximum Gasteiger partial charge on any atom is 0.162 e. The lowest BCUT2D eigenvalue weighted by molar-refractivity contribution is 0.0979. The van der Waals surface area contributed by atoms with Crippen LogP contribution in [0.3, 0.4) is 0 Å². The molecule has 0 bridgehead atoms. The van der Waals surface area contributed by atoms with Crippen molar-refractivity contribution in [1.82, 2.24) is 0 Å². The van der Waals surface area contributed by atoms with Gasteiger partial charge in [0.1, 0.15) is 5.82 Å². The summed E-state index contributed by atoms with van der Waals surface area (Å²) < 4.78 is 13.0. The average molecular weight is 517 g/mol. The molecule has 1 heterocycles. The number of para-hydroxylation sites is 1. The molecule has 35 heavy (non-hydrogen) atoms. The molecule has 2 aromatic carbocycles. The van der Waals surface area contributed by atoms with E-state index in [-0.39, 0.29) is 11.6 Å². The molecule has 0 saturated heterocycles. The SMILES string of the molecule is CCCCSSCC(CCCCCCCC(=O)c1ccc(F)cc1)c1cccc2c1NCCN2C. The number of fused-ring (bicyclic) bond motifs is 1. The first-order chi connectivity index (χ1) is 17.1. The molecule has 0 spiro atoms. The predicted octanol–water partition coefficient (Wildman–Crippen LogP) is 8.57. The van der Waals surface area contributed by atoms with Crippen LogP contribution >= 0.6 is 21.6 Å². The minimum Gasteiger partial charge on any atom is -0.381 e. The molecular weight excluding hydrogens is 475 g/mol. The van der Waals surface area contributed by atoms with Gasteiger partial charge in [-0.15, -0.1) is 0 Å². The molecule has 0 aromatic heterocycles. The third-order valence-electron chi connectivity index (χ3n) is 6.73. The number of benzene rings is 2. The van der Waals surface area contributed by atoms with Crippen LogP contribution in [0.1, 0.15) is 86.6 Å². The fraction of sp³-hybridized carbons (Fsp3) is 0.552. The molecular formula is C29H41FN2OS2. The molecule has 3 nitrogen and oxygen atoms in total. The van der Waals surface area contributed by atoms with E-state index in [1.54, 1.807) is 12.1 Å². The minimum atomic E-state index is -0.295. The topological polar surface area (TPSA) is 32.3 Å². The fourth-order valence-corrected chi connectivity index (χ4v) is 7.20. The highest BCUT2D eigenvalue weighted by atomic mass is 33.1. The van der Waals surface area contributed by atoms with Crippen molar-refractivity contribution in [2.24, 2.45) is 0 Å². The molecule has 3 rings (SSSR count). The molecule has 6 heteroatoms. The number of nitrogens with zero attached hydrogens (tertiary/aromatic N) is 1. The molecule has 192 valence electrons. The van der Waals surface area contributed by atoms with Gasteiger partial charge in [0.2, 0.25) is 0 Å². The summed E-state index contributed by atoms with van der Waals surface area (Å²) in [6, 6.07) is 12.7. The molecule has 1 aliphatic rings. The second-order valence-corrected chi connectivity index (χ2v) is 12.1. The monoisotopic (exact) mass is 516 g/mol. The summed E-state index contributed by atoms with van der Waals surface area (Å²) in [5.74, 6) is 2.77. The normalized spacial score (nSPS) is 13.9. The Labute approximate surface area is 219 Å². The zero-order chi connectivity index (χ0) is 24.9. The summed E-state index contributed by atoms with van der Waals surface area (Å²) in [6.45, 7) is 4.31. The third-order valence-corrected chi connectivity index (χ3v) is 9.30. The number of likely N-dealkylation sites (N-methyl/N-ethyl adjacent to an activating group) is 1. The predicted molar refractivity (Wildman–Crippen MR) is 154 cm³/mol. The van der Waals surface area contributed by atoms with Gasteiger partial charge < -0.3 is 10.2 Å². The summed E-state index contributed by atoms with van der Waals surface area (Å²) >= 11 is 0. The number of Topliss-reactive ketones (excluding diaryl/α,β-unsaturated/α-hetero) is 1. The zero-order valence-corrected chi connectivity index (χ0v) is 23.0. The lowest BCUT2D eigenvalue weighted by Gasteiger charge is -2.32. The van der Waals surface area contributed by atoms with Crippen molar-refractivity contribution < 1.29 is 9.18 Å². The summed E-state index contributed by atoms with van der Waals surface area (Å²) in [4.78, 5) is 14.6. The number of anilines is 2. The smallest absolute Gasteiger partial charge is 0.162 e. The molecule has 1 atom stereocenters. The van der Waals surface area contributed by atoms with Crippen LogP contribution in [-0.4, -0.2) is 37.4 Å². The van der Waals surface area contributed by atoms with E-state index in [0.717, 1.165) is 38.1 Å². The Bertz CT molecular complexity index is 906.